The third kappa shape index (κ3) is 7.40. The maximum absolute atomic E-state index is 13.7. The number of anilines is 4. The van der Waals surface area contributed by atoms with Crippen LogP contribution in [-0.2, 0) is 10.9 Å². The third-order valence-corrected chi connectivity index (χ3v) is 7.78. The average molecular weight is 623 g/mol. The summed E-state index contributed by atoms with van der Waals surface area (Å²) < 4.78 is 52.2. The van der Waals surface area contributed by atoms with Gasteiger partial charge in [-0.2, -0.15) is 13.2 Å². The normalized spacial score (nSPS) is 15.8. The van der Waals surface area contributed by atoms with E-state index in [1.165, 1.54) is 12.4 Å². The number of aromatic nitrogens is 4. The van der Waals surface area contributed by atoms with Gasteiger partial charge >= 0.3 is 6.18 Å². The highest BCUT2D eigenvalue weighted by atomic mass is 19.4. The number of nitrogens with zero attached hydrogens (tertiary/aromatic N) is 6. The maximum Gasteiger partial charge on any atom is 0.416 e. The van der Waals surface area contributed by atoms with Gasteiger partial charge in [-0.3, -0.25) is 9.69 Å². The van der Waals surface area contributed by atoms with Crippen molar-refractivity contribution < 1.29 is 27.4 Å². The number of ether oxygens (including phenoxy) is 2. The van der Waals surface area contributed by atoms with Crippen molar-refractivity contribution in [1.29, 1.82) is 0 Å². The van der Waals surface area contributed by atoms with Gasteiger partial charge in [-0.05, 0) is 62.7 Å². The number of likely N-dealkylation sites (tertiary alicyclic amines) is 1. The molecule has 4 heterocycles. The molecular formula is C31H33F3N8O3. The van der Waals surface area contributed by atoms with Crippen LogP contribution in [-0.4, -0.2) is 83.3 Å². The molecule has 0 bridgehead atoms. The molecule has 45 heavy (non-hydrogen) atoms. The van der Waals surface area contributed by atoms with E-state index in [0.717, 1.165) is 43.6 Å². The molecule has 236 valence electrons. The van der Waals surface area contributed by atoms with Crippen LogP contribution in [0.25, 0.3) is 11.0 Å². The number of carbonyl (C=O) groups excluding carboxylic acids is 1. The van der Waals surface area contributed by atoms with Crippen LogP contribution in [0.3, 0.4) is 0 Å². The monoisotopic (exact) mass is 622 g/mol. The van der Waals surface area contributed by atoms with Crippen molar-refractivity contribution in [3.63, 3.8) is 0 Å². The molecule has 14 heteroatoms. The molecule has 0 atom stereocenters. The summed E-state index contributed by atoms with van der Waals surface area (Å²) in [5, 5.41) is 5.86. The van der Waals surface area contributed by atoms with Gasteiger partial charge in [0, 0.05) is 42.6 Å². The first-order chi connectivity index (χ1) is 21.7. The molecule has 11 nitrogen and oxygen atoms in total. The van der Waals surface area contributed by atoms with E-state index >= 15 is 0 Å². The summed E-state index contributed by atoms with van der Waals surface area (Å²) in [7, 11) is 0. The fraction of sp³-hybridized carbons (Fsp3) is 0.387. The standard InChI is InChI=1S/C31H33F3N8O3/c1-20-4-5-21(14-25(20)39-28-27-26(36-19-37-28)18-35-30(40-27)42-9-11-44-12-10-42)29(43)38-23-15-22(31(32,33)34)16-24(17-23)45-13-8-41-6-2-3-7-41/h4-5,14-19H,2-3,6-13H2,1H3,(H,38,43)(H,36,37,39). The van der Waals surface area contributed by atoms with E-state index in [4.69, 9.17) is 14.5 Å². The molecule has 2 saturated heterocycles. The lowest BCUT2D eigenvalue weighted by atomic mass is 10.1. The van der Waals surface area contributed by atoms with Crippen LogP contribution in [0.15, 0.2) is 48.9 Å². The van der Waals surface area contributed by atoms with E-state index in [-0.39, 0.29) is 23.6 Å². The lowest BCUT2D eigenvalue weighted by Gasteiger charge is -2.26. The second-order valence-corrected chi connectivity index (χ2v) is 11.0. The van der Waals surface area contributed by atoms with Gasteiger partial charge in [-0.15, -0.1) is 0 Å². The predicted octanol–water partition coefficient (Wildman–Crippen LogP) is 5.05. The van der Waals surface area contributed by atoms with Crippen molar-refractivity contribution in [2.75, 3.05) is 68.1 Å². The molecular weight excluding hydrogens is 589 g/mol. The van der Waals surface area contributed by atoms with E-state index < -0.39 is 17.6 Å². The largest absolute Gasteiger partial charge is 0.492 e. The summed E-state index contributed by atoms with van der Waals surface area (Å²) in [5.41, 5.74) is 1.74. The van der Waals surface area contributed by atoms with Crippen LogP contribution >= 0.6 is 0 Å². The van der Waals surface area contributed by atoms with E-state index in [1.807, 2.05) is 11.8 Å². The Balaban J connectivity index is 1.21. The Hall–Kier alpha value is -4.56. The SMILES string of the molecule is Cc1ccc(C(=O)Nc2cc(OCCN3CCCC3)cc(C(F)(F)F)c2)cc1Nc1ncnc2cnc(N3CCOCC3)nc12. The van der Waals surface area contributed by atoms with Gasteiger partial charge in [0.25, 0.3) is 5.91 Å². The van der Waals surface area contributed by atoms with E-state index in [2.05, 4.69) is 30.5 Å². The molecule has 1 amide bonds. The summed E-state index contributed by atoms with van der Waals surface area (Å²) in [6, 6.07) is 8.22. The van der Waals surface area contributed by atoms with Crippen molar-refractivity contribution in [2.24, 2.45) is 0 Å². The second kappa shape index (κ2) is 13.2. The van der Waals surface area contributed by atoms with Gasteiger partial charge in [0.15, 0.2) is 5.82 Å². The minimum absolute atomic E-state index is 0.0183. The highest BCUT2D eigenvalue weighted by Crippen LogP contribution is 2.35. The minimum Gasteiger partial charge on any atom is -0.492 e. The molecule has 0 unspecified atom stereocenters. The Bertz CT molecular complexity index is 1670. The van der Waals surface area contributed by atoms with Gasteiger partial charge in [0.2, 0.25) is 5.95 Å². The highest BCUT2D eigenvalue weighted by molar-refractivity contribution is 6.05. The molecule has 0 radical (unpaired) electrons. The molecule has 0 spiro atoms. The van der Waals surface area contributed by atoms with E-state index in [0.29, 0.717) is 61.3 Å². The van der Waals surface area contributed by atoms with Crippen LogP contribution in [0, 0.1) is 6.92 Å². The second-order valence-electron chi connectivity index (χ2n) is 11.0. The first-order valence-electron chi connectivity index (χ1n) is 14.8. The summed E-state index contributed by atoms with van der Waals surface area (Å²) >= 11 is 0. The quantitative estimate of drug-likeness (QED) is 0.263. The van der Waals surface area contributed by atoms with Gasteiger partial charge in [-0.1, -0.05) is 6.07 Å². The van der Waals surface area contributed by atoms with E-state index in [1.54, 1.807) is 24.4 Å². The summed E-state index contributed by atoms with van der Waals surface area (Å²) in [4.78, 5) is 35.3. The number of hydrogen-bond donors (Lipinski definition) is 2. The number of fused-ring (bicyclic) bond motifs is 1. The Morgan fingerprint density at radius 2 is 1.82 bits per heavy atom. The van der Waals surface area contributed by atoms with Gasteiger partial charge in [0.1, 0.15) is 29.7 Å². The smallest absolute Gasteiger partial charge is 0.416 e. The van der Waals surface area contributed by atoms with Crippen LogP contribution in [0.2, 0.25) is 0 Å². The van der Waals surface area contributed by atoms with Gasteiger partial charge in [-0.25, -0.2) is 19.9 Å². The summed E-state index contributed by atoms with van der Waals surface area (Å²) in [5.74, 6) is 0.421. The summed E-state index contributed by atoms with van der Waals surface area (Å²) in [6.07, 6.45) is 0.634. The van der Waals surface area contributed by atoms with Crippen LogP contribution in [0.5, 0.6) is 5.75 Å². The molecule has 2 aliphatic heterocycles. The fourth-order valence-electron chi connectivity index (χ4n) is 5.30. The number of benzene rings is 2. The molecule has 2 fully saturated rings. The van der Waals surface area contributed by atoms with Crippen molar-refractivity contribution in [1.82, 2.24) is 24.8 Å². The zero-order valence-electron chi connectivity index (χ0n) is 24.7. The minimum atomic E-state index is -4.61. The van der Waals surface area contributed by atoms with Crippen molar-refractivity contribution in [2.45, 2.75) is 25.9 Å². The molecule has 0 saturated carbocycles. The highest BCUT2D eigenvalue weighted by Gasteiger charge is 2.32. The van der Waals surface area contributed by atoms with Crippen molar-refractivity contribution in [3.05, 3.63) is 65.6 Å². The molecule has 0 aliphatic carbocycles. The Morgan fingerprint density at radius 3 is 2.60 bits per heavy atom. The van der Waals surface area contributed by atoms with Crippen LogP contribution in [0.1, 0.15) is 34.3 Å². The number of carbonyl (C=O) groups is 1. The number of alkyl halides is 3. The molecule has 2 aromatic heterocycles. The molecule has 2 N–H and O–H groups in total. The maximum atomic E-state index is 13.7. The lowest BCUT2D eigenvalue weighted by molar-refractivity contribution is -0.137. The van der Waals surface area contributed by atoms with Crippen LogP contribution in [0.4, 0.5) is 36.3 Å². The molecule has 4 aromatic rings. The number of hydrogen-bond acceptors (Lipinski definition) is 10. The first-order valence-corrected chi connectivity index (χ1v) is 14.8. The molecule has 2 aromatic carbocycles. The molecule has 6 rings (SSSR count). The summed E-state index contributed by atoms with van der Waals surface area (Å²) in [6.45, 7) is 7.14. The fourth-order valence-corrected chi connectivity index (χ4v) is 5.30. The lowest BCUT2D eigenvalue weighted by Crippen LogP contribution is -2.37. The zero-order chi connectivity index (χ0) is 31.4. The first kappa shape index (κ1) is 30.5. The van der Waals surface area contributed by atoms with E-state index in [9.17, 15) is 18.0 Å². The van der Waals surface area contributed by atoms with Crippen molar-refractivity contribution in [3.8, 4) is 5.75 Å². The average Bonchev–Trinajstić information content (AvgIpc) is 3.55. The topological polar surface area (TPSA) is 118 Å². The number of rotatable bonds is 9. The van der Waals surface area contributed by atoms with Crippen LogP contribution < -0.4 is 20.3 Å². The Morgan fingerprint density at radius 1 is 1.02 bits per heavy atom. The number of morpholine rings is 1. The number of aryl methyl sites for hydroxylation is 1. The number of halogens is 3. The Kier molecular flexibility index (Phi) is 8.94. The number of nitrogens with one attached hydrogen (secondary N) is 2. The predicted molar refractivity (Wildman–Crippen MR) is 163 cm³/mol. The zero-order valence-corrected chi connectivity index (χ0v) is 24.7. The van der Waals surface area contributed by atoms with Gasteiger partial charge < -0.3 is 25.0 Å². The third-order valence-electron chi connectivity index (χ3n) is 7.78. The Labute approximate surface area is 257 Å². The van der Waals surface area contributed by atoms with Gasteiger partial charge in [0.05, 0.1) is 25.0 Å². The number of amides is 1. The molecule has 2 aliphatic rings. The van der Waals surface area contributed by atoms with Crippen molar-refractivity contribution >= 4 is 40.1 Å².